The zero-order valence-corrected chi connectivity index (χ0v) is 15.6. The van der Waals surface area contributed by atoms with Gasteiger partial charge in [-0.2, -0.15) is 5.10 Å². The van der Waals surface area contributed by atoms with Gasteiger partial charge in [0.25, 0.3) is 0 Å². The molecule has 1 fully saturated rings. The fraction of sp³-hybridized carbons (Fsp3) is 0.500. The van der Waals surface area contributed by atoms with Gasteiger partial charge >= 0.3 is 6.03 Å². The molecule has 6 nitrogen and oxygen atoms in total. The van der Waals surface area contributed by atoms with Gasteiger partial charge in [-0.25, -0.2) is 4.79 Å². The highest BCUT2D eigenvalue weighted by molar-refractivity contribution is 5.74. The molecule has 1 aliphatic heterocycles. The van der Waals surface area contributed by atoms with Crippen LogP contribution in [-0.2, 0) is 20.0 Å². The quantitative estimate of drug-likeness (QED) is 0.865. The molecule has 2 aromatic rings. The topological polar surface area (TPSA) is 70.4 Å². The lowest BCUT2D eigenvalue weighted by atomic mass is 9.96. The number of benzene rings is 1. The first kappa shape index (κ1) is 18.3. The number of urea groups is 1. The molecule has 0 unspecified atom stereocenters. The van der Waals surface area contributed by atoms with Crippen molar-refractivity contribution in [2.24, 2.45) is 7.05 Å². The summed E-state index contributed by atoms with van der Waals surface area (Å²) in [4.78, 5) is 14.7. The molecule has 26 heavy (non-hydrogen) atoms. The monoisotopic (exact) mass is 356 g/mol. The molecule has 140 valence electrons. The molecule has 0 radical (unpaired) electrons. The largest absolute Gasteiger partial charge is 0.508 e. The maximum Gasteiger partial charge on any atom is 0.317 e. The number of carbonyl (C=O) groups excluding carboxylic acids is 1. The molecule has 2 N–H and O–H groups in total. The normalized spacial score (nSPS) is 17.3. The van der Waals surface area contributed by atoms with Crippen LogP contribution in [0, 0.1) is 6.92 Å². The van der Waals surface area contributed by atoms with E-state index in [1.165, 1.54) is 0 Å². The highest BCUT2D eigenvalue weighted by Crippen LogP contribution is 2.22. The van der Waals surface area contributed by atoms with Gasteiger partial charge in [0.1, 0.15) is 5.75 Å². The Kier molecular flexibility index (Phi) is 5.81. The van der Waals surface area contributed by atoms with Crippen LogP contribution in [0.15, 0.2) is 30.5 Å². The van der Waals surface area contributed by atoms with Crippen molar-refractivity contribution in [3.05, 3.63) is 47.3 Å². The van der Waals surface area contributed by atoms with Crippen LogP contribution in [0.1, 0.15) is 42.5 Å². The molecule has 0 aliphatic carbocycles. The molecule has 2 amide bonds. The van der Waals surface area contributed by atoms with Crippen molar-refractivity contribution in [2.75, 3.05) is 6.54 Å². The molecule has 0 spiro atoms. The van der Waals surface area contributed by atoms with Gasteiger partial charge in [0.15, 0.2) is 0 Å². The number of piperidine rings is 1. The molecular formula is C20H28N4O2. The Morgan fingerprint density at radius 3 is 2.96 bits per heavy atom. The van der Waals surface area contributed by atoms with Gasteiger partial charge < -0.3 is 15.3 Å². The lowest BCUT2D eigenvalue weighted by Crippen LogP contribution is -2.48. The summed E-state index contributed by atoms with van der Waals surface area (Å²) in [5, 5.41) is 16.9. The van der Waals surface area contributed by atoms with Crippen LogP contribution in [0.4, 0.5) is 4.79 Å². The average Bonchev–Trinajstić information content (AvgIpc) is 2.97. The van der Waals surface area contributed by atoms with Gasteiger partial charge in [-0.05, 0) is 56.7 Å². The first-order chi connectivity index (χ1) is 12.5. The van der Waals surface area contributed by atoms with Gasteiger partial charge in [-0.15, -0.1) is 0 Å². The zero-order chi connectivity index (χ0) is 18.5. The number of nitrogens with one attached hydrogen (secondary N) is 1. The minimum atomic E-state index is 0.00821. The number of rotatable bonds is 5. The minimum Gasteiger partial charge on any atom is -0.508 e. The molecule has 1 atom stereocenters. The fourth-order valence-corrected chi connectivity index (χ4v) is 3.60. The summed E-state index contributed by atoms with van der Waals surface area (Å²) < 4.78 is 1.82. The summed E-state index contributed by atoms with van der Waals surface area (Å²) in [7, 11) is 1.91. The van der Waals surface area contributed by atoms with Gasteiger partial charge in [0, 0.05) is 37.4 Å². The smallest absolute Gasteiger partial charge is 0.317 e. The molecule has 0 saturated carbocycles. The van der Waals surface area contributed by atoms with E-state index in [1.54, 1.807) is 12.1 Å². The molecule has 3 rings (SSSR count). The predicted molar refractivity (Wildman–Crippen MR) is 101 cm³/mol. The van der Waals surface area contributed by atoms with Crippen molar-refractivity contribution in [1.29, 1.82) is 0 Å². The van der Waals surface area contributed by atoms with Gasteiger partial charge in [-0.1, -0.05) is 12.1 Å². The molecule has 0 bridgehead atoms. The maximum atomic E-state index is 12.7. The fourth-order valence-electron chi connectivity index (χ4n) is 3.60. The van der Waals surface area contributed by atoms with Crippen molar-refractivity contribution in [3.63, 3.8) is 0 Å². The van der Waals surface area contributed by atoms with Crippen molar-refractivity contribution >= 4 is 6.03 Å². The molecule has 1 aromatic carbocycles. The standard InChI is InChI=1S/C20H28N4O2/c1-15-17(14-22-23(15)2)13-21-20(26)24-11-4-3-7-18(24)10-9-16-6-5-8-19(25)12-16/h5-6,8,12,14,18,25H,3-4,7,9-11,13H2,1-2H3,(H,21,26)/t18-/m0/s1. The number of aromatic nitrogens is 2. The predicted octanol–water partition coefficient (Wildman–Crippen LogP) is 3.13. The Morgan fingerprint density at radius 2 is 2.23 bits per heavy atom. The number of likely N-dealkylation sites (tertiary alicyclic amines) is 1. The van der Waals surface area contributed by atoms with Crippen molar-refractivity contribution in [1.82, 2.24) is 20.0 Å². The van der Waals surface area contributed by atoms with Crippen LogP contribution in [0.5, 0.6) is 5.75 Å². The number of hydrogen-bond acceptors (Lipinski definition) is 3. The maximum absolute atomic E-state index is 12.7. The molecule has 1 saturated heterocycles. The van der Waals surface area contributed by atoms with Crippen LogP contribution >= 0.6 is 0 Å². The summed E-state index contributed by atoms with van der Waals surface area (Å²) in [6.07, 6.45) is 6.86. The number of phenols is 1. The third kappa shape index (κ3) is 4.36. The molecular weight excluding hydrogens is 328 g/mol. The van der Waals surface area contributed by atoms with E-state index in [-0.39, 0.29) is 12.1 Å². The van der Waals surface area contributed by atoms with Crippen molar-refractivity contribution < 1.29 is 9.90 Å². The lowest BCUT2D eigenvalue weighted by Gasteiger charge is -2.36. The van der Waals surface area contributed by atoms with E-state index in [4.69, 9.17) is 0 Å². The minimum absolute atomic E-state index is 0.00821. The third-order valence-electron chi connectivity index (χ3n) is 5.33. The lowest BCUT2D eigenvalue weighted by molar-refractivity contribution is 0.146. The van der Waals surface area contributed by atoms with E-state index >= 15 is 0 Å². The second-order valence-electron chi connectivity index (χ2n) is 7.09. The Labute approximate surface area is 154 Å². The van der Waals surface area contributed by atoms with E-state index in [9.17, 15) is 9.90 Å². The summed E-state index contributed by atoms with van der Waals surface area (Å²) in [6, 6.07) is 7.64. The van der Waals surface area contributed by atoms with E-state index in [0.717, 1.165) is 55.5 Å². The summed E-state index contributed by atoms with van der Waals surface area (Å²) in [5.41, 5.74) is 3.24. The van der Waals surface area contributed by atoms with Crippen LogP contribution in [-0.4, -0.2) is 38.4 Å². The Hall–Kier alpha value is -2.50. The Balaban J connectivity index is 1.57. The third-order valence-corrected chi connectivity index (χ3v) is 5.33. The van der Waals surface area contributed by atoms with Crippen LogP contribution in [0.3, 0.4) is 0 Å². The van der Waals surface area contributed by atoms with Crippen LogP contribution in [0.25, 0.3) is 0 Å². The summed E-state index contributed by atoms with van der Waals surface area (Å²) >= 11 is 0. The highest BCUT2D eigenvalue weighted by Gasteiger charge is 2.26. The van der Waals surface area contributed by atoms with Gasteiger partial charge in [-0.3, -0.25) is 4.68 Å². The van der Waals surface area contributed by atoms with Crippen molar-refractivity contribution in [3.8, 4) is 5.75 Å². The number of phenolic OH excluding ortho intramolecular Hbond substituents is 1. The second kappa shape index (κ2) is 8.25. The number of nitrogens with zero attached hydrogens (tertiary/aromatic N) is 3. The zero-order valence-electron chi connectivity index (χ0n) is 15.6. The molecule has 1 aromatic heterocycles. The molecule has 2 heterocycles. The Bertz CT molecular complexity index is 756. The summed E-state index contributed by atoms with van der Waals surface area (Å²) in [6.45, 7) is 3.32. The highest BCUT2D eigenvalue weighted by atomic mass is 16.3. The number of aromatic hydroxyl groups is 1. The van der Waals surface area contributed by atoms with Crippen LogP contribution < -0.4 is 5.32 Å². The van der Waals surface area contributed by atoms with E-state index in [0.29, 0.717) is 12.3 Å². The van der Waals surface area contributed by atoms with Gasteiger partial charge in [0.2, 0.25) is 0 Å². The number of amides is 2. The van der Waals surface area contributed by atoms with Crippen molar-refractivity contribution in [2.45, 2.75) is 51.6 Å². The van der Waals surface area contributed by atoms with Gasteiger partial charge in [0.05, 0.1) is 6.20 Å². The number of carbonyl (C=O) groups is 1. The number of aryl methyl sites for hydroxylation is 2. The van der Waals surface area contributed by atoms with E-state index < -0.39 is 0 Å². The Morgan fingerprint density at radius 1 is 1.38 bits per heavy atom. The number of hydrogen-bond donors (Lipinski definition) is 2. The van der Waals surface area contributed by atoms with E-state index in [2.05, 4.69) is 10.4 Å². The molecule has 1 aliphatic rings. The van der Waals surface area contributed by atoms with Crippen LogP contribution in [0.2, 0.25) is 0 Å². The summed E-state index contributed by atoms with van der Waals surface area (Å²) in [5.74, 6) is 0.299. The van der Waals surface area contributed by atoms with E-state index in [1.807, 2.05) is 41.9 Å². The SMILES string of the molecule is Cc1c(CNC(=O)N2CCCC[C@H]2CCc2cccc(O)c2)cnn1C. The first-order valence-electron chi connectivity index (χ1n) is 9.34. The average molecular weight is 356 g/mol. The second-order valence-corrected chi connectivity index (χ2v) is 7.09. The first-order valence-corrected chi connectivity index (χ1v) is 9.34. The molecule has 6 heteroatoms.